The van der Waals surface area contributed by atoms with Crippen LogP contribution < -0.4 is 4.72 Å². The molecular formula is C15H15NO4S. The van der Waals surface area contributed by atoms with Crippen LogP contribution in [0.3, 0.4) is 0 Å². The topological polar surface area (TPSA) is 72.5 Å². The molecule has 2 rings (SSSR count). The molecule has 0 saturated heterocycles. The average molecular weight is 305 g/mol. The van der Waals surface area contributed by atoms with Crippen LogP contribution in [0.4, 0.5) is 0 Å². The van der Waals surface area contributed by atoms with Gasteiger partial charge in [-0.3, -0.25) is 4.79 Å². The number of hydrogen-bond acceptors (Lipinski definition) is 4. The van der Waals surface area contributed by atoms with Gasteiger partial charge in [0.1, 0.15) is 13.2 Å². The summed E-state index contributed by atoms with van der Waals surface area (Å²) in [6.07, 6.45) is 0. The number of ether oxygens (including phenoxy) is 1. The van der Waals surface area contributed by atoms with Crippen molar-refractivity contribution in [2.75, 3.05) is 6.54 Å². The lowest BCUT2D eigenvalue weighted by Crippen LogP contribution is -2.30. The highest BCUT2D eigenvalue weighted by Gasteiger charge is 2.15. The molecule has 2 aromatic rings. The van der Waals surface area contributed by atoms with E-state index in [4.69, 9.17) is 4.74 Å². The number of esters is 1. The second-order valence-electron chi connectivity index (χ2n) is 4.28. The van der Waals surface area contributed by atoms with E-state index < -0.39 is 22.5 Å². The molecule has 6 heteroatoms. The summed E-state index contributed by atoms with van der Waals surface area (Å²) in [5.74, 6) is -0.627. The lowest BCUT2D eigenvalue weighted by Gasteiger charge is -2.07. The fraction of sp³-hybridized carbons (Fsp3) is 0.133. The molecule has 21 heavy (non-hydrogen) atoms. The first-order chi connectivity index (χ1) is 10.1. The molecule has 2 aromatic carbocycles. The van der Waals surface area contributed by atoms with E-state index in [0.717, 1.165) is 5.56 Å². The largest absolute Gasteiger partial charge is 0.460 e. The molecule has 0 aliphatic carbocycles. The molecule has 0 fully saturated rings. The van der Waals surface area contributed by atoms with Crippen molar-refractivity contribution in [2.24, 2.45) is 0 Å². The Bertz CT molecular complexity index is 684. The van der Waals surface area contributed by atoms with Crippen LogP contribution in [0.2, 0.25) is 0 Å². The first-order valence-corrected chi connectivity index (χ1v) is 7.80. The van der Waals surface area contributed by atoms with E-state index in [2.05, 4.69) is 4.72 Å². The van der Waals surface area contributed by atoms with Gasteiger partial charge >= 0.3 is 5.97 Å². The van der Waals surface area contributed by atoms with Gasteiger partial charge in [-0.15, -0.1) is 0 Å². The molecular weight excluding hydrogens is 290 g/mol. The highest BCUT2D eigenvalue weighted by molar-refractivity contribution is 7.89. The van der Waals surface area contributed by atoms with E-state index in [1.54, 1.807) is 18.2 Å². The van der Waals surface area contributed by atoms with Gasteiger partial charge in [-0.2, -0.15) is 4.72 Å². The van der Waals surface area contributed by atoms with Gasteiger partial charge in [-0.1, -0.05) is 48.5 Å². The van der Waals surface area contributed by atoms with Crippen LogP contribution in [0, 0.1) is 0 Å². The fourth-order valence-corrected chi connectivity index (χ4v) is 2.62. The van der Waals surface area contributed by atoms with Crippen LogP contribution in [0.25, 0.3) is 0 Å². The van der Waals surface area contributed by atoms with Crippen LogP contribution in [0.15, 0.2) is 65.6 Å². The van der Waals surface area contributed by atoms with E-state index in [0.29, 0.717) is 0 Å². The normalized spacial score (nSPS) is 11.0. The standard InChI is InChI=1S/C15H15NO4S/c17-15(20-12-13-7-3-1-4-8-13)11-16-21(18,19)14-9-5-2-6-10-14/h1-10,16H,11-12H2. The zero-order chi connectivity index (χ0) is 15.1. The molecule has 0 unspecified atom stereocenters. The van der Waals surface area contributed by atoms with Gasteiger partial charge in [-0.25, -0.2) is 8.42 Å². The Morgan fingerprint density at radius 3 is 2.14 bits per heavy atom. The Balaban J connectivity index is 1.84. The number of benzene rings is 2. The molecule has 0 aromatic heterocycles. The molecule has 0 saturated carbocycles. The molecule has 1 N–H and O–H groups in total. The summed E-state index contributed by atoms with van der Waals surface area (Å²) in [4.78, 5) is 11.7. The predicted octanol–water partition coefficient (Wildman–Crippen LogP) is 1.71. The van der Waals surface area contributed by atoms with Gasteiger partial charge in [0.05, 0.1) is 4.90 Å². The van der Waals surface area contributed by atoms with Crippen molar-refractivity contribution in [3.8, 4) is 0 Å². The summed E-state index contributed by atoms with van der Waals surface area (Å²) in [7, 11) is -3.69. The maximum absolute atomic E-state index is 11.9. The summed E-state index contributed by atoms with van der Waals surface area (Å²) in [6.45, 7) is -0.281. The molecule has 5 nitrogen and oxygen atoms in total. The van der Waals surface area contributed by atoms with Crippen molar-refractivity contribution < 1.29 is 17.9 Å². The lowest BCUT2D eigenvalue weighted by molar-refractivity contribution is -0.143. The Labute approximate surface area is 123 Å². The molecule has 0 aliphatic heterocycles. The lowest BCUT2D eigenvalue weighted by atomic mass is 10.2. The number of nitrogens with one attached hydrogen (secondary N) is 1. The molecule has 0 bridgehead atoms. The smallest absolute Gasteiger partial charge is 0.321 e. The minimum atomic E-state index is -3.69. The summed E-state index contributed by atoms with van der Waals surface area (Å²) in [5.41, 5.74) is 0.844. The minimum Gasteiger partial charge on any atom is -0.460 e. The van der Waals surface area contributed by atoms with Crippen molar-refractivity contribution in [3.05, 3.63) is 66.2 Å². The first kappa shape index (κ1) is 15.2. The fourth-order valence-electron chi connectivity index (χ4n) is 1.63. The zero-order valence-corrected chi connectivity index (χ0v) is 12.0. The minimum absolute atomic E-state index is 0.112. The Kier molecular flexibility index (Phi) is 5.08. The monoisotopic (exact) mass is 305 g/mol. The van der Waals surface area contributed by atoms with Gasteiger partial charge in [-0.05, 0) is 17.7 Å². The van der Waals surface area contributed by atoms with E-state index in [-0.39, 0.29) is 11.5 Å². The van der Waals surface area contributed by atoms with E-state index in [1.165, 1.54) is 12.1 Å². The van der Waals surface area contributed by atoms with Crippen molar-refractivity contribution in [1.29, 1.82) is 0 Å². The number of rotatable bonds is 6. The highest BCUT2D eigenvalue weighted by Crippen LogP contribution is 2.06. The number of carbonyl (C=O) groups is 1. The van der Waals surface area contributed by atoms with Crippen molar-refractivity contribution >= 4 is 16.0 Å². The Morgan fingerprint density at radius 2 is 1.52 bits per heavy atom. The summed E-state index contributed by atoms with van der Waals surface area (Å²) < 4.78 is 31.0. The van der Waals surface area contributed by atoms with Gasteiger partial charge < -0.3 is 4.74 Å². The van der Waals surface area contributed by atoms with Gasteiger partial charge in [0.2, 0.25) is 10.0 Å². The molecule has 0 radical (unpaired) electrons. The van der Waals surface area contributed by atoms with E-state index in [1.807, 2.05) is 30.3 Å². The van der Waals surface area contributed by atoms with Gasteiger partial charge in [0, 0.05) is 0 Å². The molecule has 0 aliphatic rings. The summed E-state index contributed by atoms with van der Waals surface area (Å²) in [6, 6.07) is 17.0. The van der Waals surface area contributed by atoms with Crippen LogP contribution in [0.1, 0.15) is 5.56 Å². The van der Waals surface area contributed by atoms with Crippen molar-refractivity contribution in [2.45, 2.75) is 11.5 Å². The number of hydrogen-bond donors (Lipinski definition) is 1. The van der Waals surface area contributed by atoms with Crippen LogP contribution in [-0.4, -0.2) is 20.9 Å². The third kappa shape index (κ3) is 4.70. The van der Waals surface area contributed by atoms with Crippen LogP contribution in [-0.2, 0) is 26.2 Å². The molecule has 0 amide bonds. The summed E-state index contributed by atoms with van der Waals surface area (Å²) in [5, 5.41) is 0. The molecule has 0 atom stereocenters. The SMILES string of the molecule is O=C(CNS(=O)(=O)c1ccccc1)OCc1ccccc1. The third-order valence-corrected chi connectivity index (χ3v) is 4.12. The number of carbonyl (C=O) groups excluding carboxylic acids is 1. The maximum Gasteiger partial charge on any atom is 0.321 e. The quantitative estimate of drug-likeness (QED) is 0.825. The molecule has 0 heterocycles. The average Bonchev–Trinajstić information content (AvgIpc) is 2.53. The van der Waals surface area contributed by atoms with Gasteiger partial charge in [0.15, 0.2) is 0 Å². The third-order valence-electron chi connectivity index (χ3n) is 2.70. The van der Waals surface area contributed by atoms with Gasteiger partial charge in [0.25, 0.3) is 0 Å². The van der Waals surface area contributed by atoms with E-state index >= 15 is 0 Å². The second-order valence-corrected chi connectivity index (χ2v) is 6.05. The maximum atomic E-state index is 11.9. The van der Waals surface area contributed by atoms with Crippen LogP contribution >= 0.6 is 0 Å². The van der Waals surface area contributed by atoms with E-state index in [9.17, 15) is 13.2 Å². The Morgan fingerprint density at radius 1 is 0.952 bits per heavy atom. The zero-order valence-electron chi connectivity index (χ0n) is 11.2. The van der Waals surface area contributed by atoms with Crippen molar-refractivity contribution in [1.82, 2.24) is 4.72 Å². The van der Waals surface area contributed by atoms with Crippen LogP contribution in [0.5, 0.6) is 0 Å². The highest BCUT2D eigenvalue weighted by atomic mass is 32.2. The molecule has 110 valence electrons. The number of sulfonamides is 1. The Hall–Kier alpha value is -2.18. The predicted molar refractivity (Wildman–Crippen MR) is 77.9 cm³/mol. The summed E-state index contributed by atoms with van der Waals surface area (Å²) >= 11 is 0. The first-order valence-electron chi connectivity index (χ1n) is 6.32. The van der Waals surface area contributed by atoms with Crippen molar-refractivity contribution in [3.63, 3.8) is 0 Å². The second kappa shape index (κ2) is 7.01. The molecule has 0 spiro atoms.